The lowest BCUT2D eigenvalue weighted by Crippen LogP contribution is -2.12. The van der Waals surface area contributed by atoms with E-state index in [4.69, 9.17) is 24.1 Å². The fourth-order valence-corrected chi connectivity index (χ4v) is 3.40. The van der Waals surface area contributed by atoms with Crippen LogP contribution in [0.3, 0.4) is 0 Å². The van der Waals surface area contributed by atoms with E-state index < -0.39 is 0 Å². The Bertz CT molecular complexity index is 261. The normalized spacial score (nSPS) is 11.4. The summed E-state index contributed by atoms with van der Waals surface area (Å²) in [6.07, 6.45) is 20.9. The Balaban J connectivity index is 2.97. The molecule has 0 spiro atoms. The van der Waals surface area contributed by atoms with Crippen LogP contribution in [0.4, 0.5) is 0 Å². The van der Waals surface area contributed by atoms with Gasteiger partial charge in [-0.15, -0.1) is 0 Å². The summed E-state index contributed by atoms with van der Waals surface area (Å²) in [6.45, 7) is 7.07. The zero-order chi connectivity index (χ0) is 21.8. The van der Waals surface area contributed by atoms with Crippen molar-refractivity contribution in [3.8, 4) is 0 Å². The Morgan fingerprint density at radius 1 is 0.367 bits per heavy atom. The average molecular weight is 433 g/mol. The van der Waals surface area contributed by atoms with Crippen molar-refractivity contribution >= 4 is 0 Å². The Kier molecular flexibility index (Phi) is 28.6. The minimum absolute atomic E-state index is 0.0580. The molecule has 30 heavy (non-hydrogen) atoms. The molecule has 0 aromatic carbocycles. The van der Waals surface area contributed by atoms with Gasteiger partial charge in [0.1, 0.15) is 0 Å². The summed E-state index contributed by atoms with van der Waals surface area (Å²) in [4.78, 5) is 0. The summed E-state index contributed by atoms with van der Waals surface area (Å²) in [5.41, 5.74) is 0. The molecule has 0 unspecified atom stereocenters. The second-order valence-electron chi connectivity index (χ2n) is 8.12. The molecule has 5 nitrogen and oxygen atoms in total. The number of aliphatic hydroxyl groups is 1. The van der Waals surface area contributed by atoms with E-state index in [-0.39, 0.29) is 6.61 Å². The van der Waals surface area contributed by atoms with Crippen LogP contribution in [0.2, 0.25) is 0 Å². The maximum absolute atomic E-state index is 8.56. The largest absolute Gasteiger partial charge is 0.394 e. The van der Waals surface area contributed by atoms with E-state index in [9.17, 15) is 0 Å². The van der Waals surface area contributed by atoms with Crippen molar-refractivity contribution in [3.63, 3.8) is 0 Å². The van der Waals surface area contributed by atoms with Crippen LogP contribution < -0.4 is 0 Å². The van der Waals surface area contributed by atoms with Gasteiger partial charge in [-0.3, -0.25) is 0 Å². The number of aliphatic hydroxyl groups excluding tert-OH is 1. The fraction of sp³-hybridized carbons (Fsp3) is 1.00. The molecular weight excluding hydrogens is 380 g/mol. The molecule has 0 heterocycles. The molecule has 0 aromatic heterocycles. The van der Waals surface area contributed by atoms with Gasteiger partial charge in [0, 0.05) is 6.61 Å². The first-order valence-electron chi connectivity index (χ1n) is 12.8. The molecule has 0 saturated heterocycles. The van der Waals surface area contributed by atoms with Gasteiger partial charge in [0.2, 0.25) is 0 Å². The molecule has 0 saturated carbocycles. The van der Waals surface area contributed by atoms with E-state index >= 15 is 0 Å². The lowest BCUT2D eigenvalue weighted by molar-refractivity contribution is -0.00577. The second-order valence-corrected chi connectivity index (χ2v) is 8.12. The highest BCUT2D eigenvalue weighted by molar-refractivity contribution is 4.49. The molecule has 0 atom stereocenters. The summed E-state index contributed by atoms with van der Waals surface area (Å²) < 4.78 is 21.5. The molecule has 0 aliphatic heterocycles. The number of ether oxygens (including phenoxy) is 4. The summed E-state index contributed by atoms with van der Waals surface area (Å²) in [6, 6.07) is 0. The van der Waals surface area contributed by atoms with Crippen molar-refractivity contribution in [3.05, 3.63) is 0 Å². The molecule has 5 heteroatoms. The summed E-state index contributed by atoms with van der Waals surface area (Å²) in [5, 5.41) is 8.56. The molecule has 0 aromatic rings. The maximum atomic E-state index is 8.56. The van der Waals surface area contributed by atoms with Crippen molar-refractivity contribution in [2.24, 2.45) is 0 Å². The van der Waals surface area contributed by atoms with Gasteiger partial charge < -0.3 is 24.1 Å². The molecule has 0 radical (unpaired) electrons. The highest BCUT2D eigenvalue weighted by atomic mass is 16.6. The molecule has 1 N–H and O–H groups in total. The van der Waals surface area contributed by atoms with Crippen LogP contribution in [0.25, 0.3) is 0 Å². The first kappa shape index (κ1) is 29.8. The van der Waals surface area contributed by atoms with Crippen LogP contribution in [0.15, 0.2) is 0 Å². The van der Waals surface area contributed by atoms with Crippen molar-refractivity contribution in [2.45, 2.75) is 103 Å². The predicted molar refractivity (Wildman–Crippen MR) is 125 cm³/mol. The first-order valence-corrected chi connectivity index (χ1v) is 12.8. The summed E-state index contributed by atoms with van der Waals surface area (Å²) in [5.74, 6) is 0. The second kappa shape index (κ2) is 28.8. The highest BCUT2D eigenvalue weighted by Gasteiger charge is 1.95. The third-order valence-electron chi connectivity index (χ3n) is 5.24. The van der Waals surface area contributed by atoms with Crippen molar-refractivity contribution in [2.75, 3.05) is 59.5 Å². The van der Waals surface area contributed by atoms with Gasteiger partial charge in [-0.05, 0) is 6.42 Å². The van der Waals surface area contributed by atoms with E-state index in [0.29, 0.717) is 46.2 Å². The molecule has 0 aliphatic rings. The van der Waals surface area contributed by atoms with Gasteiger partial charge in [-0.1, -0.05) is 96.8 Å². The van der Waals surface area contributed by atoms with E-state index in [1.165, 1.54) is 89.9 Å². The molecule has 0 amide bonds. The monoisotopic (exact) mass is 432 g/mol. The van der Waals surface area contributed by atoms with Gasteiger partial charge in [0.05, 0.1) is 52.9 Å². The van der Waals surface area contributed by atoms with Gasteiger partial charge in [-0.2, -0.15) is 0 Å². The van der Waals surface area contributed by atoms with Crippen molar-refractivity contribution < 1.29 is 24.1 Å². The third kappa shape index (κ3) is 27.8. The van der Waals surface area contributed by atoms with E-state index in [2.05, 4.69) is 6.92 Å². The molecule has 0 aliphatic carbocycles. The fourth-order valence-electron chi connectivity index (χ4n) is 3.40. The Morgan fingerprint density at radius 2 is 0.667 bits per heavy atom. The third-order valence-corrected chi connectivity index (χ3v) is 5.24. The van der Waals surface area contributed by atoms with E-state index in [1.54, 1.807) is 0 Å². The summed E-state index contributed by atoms with van der Waals surface area (Å²) in [7, 11) is 0. The van der Waals surface area contributed by atoms with Gasteiger partial charge in [-0.25, -0.2) is 0 Å². The van der Waals surface area contributed by atoms with E-state index in [1.807, 2.05) is 0 Å². The van der Waals surface area contributed by atoms with Crippen LogP contribution in [0, 0.1) is 0 Å². The number of hydrogen-bond acceptors (Lipinski definition) is 5. The van der Waals surface area contributed by atoms with Crippen LogP contribution in [0.5, 0.6) is 0 Å². The standard InChI is InChI=1S/C25H52O5/c1-2-3-4-5-6-7-8-9-10-11-12-13-14-15-16-18-27-20-22-29-24-25-30-23-21-28-19-17-26/h26H,2-25H2,1H3. The van der Waals surface area contributed by atoms with Gasteiger partial charge >= 0.3 is 0 Å². The Labute approximate surface area is 187 Å². The number of hydrogen-bond donors (Lipinski definition) is 1. The molecule has 182 valence electrons. The van der Waals surface area contributed by atoms with Crippen LogP contribution >= 0.6 is 0 Å². The zero-order valence-electron chi connectivity index (χ0n) is 20.1. The molecule has 0 rings (SSSR count). The van der Waals surface area contributed by atoms with Crippen LogP contribution in [-0.4, -0.2) is 64.6 Å². The van der Waals surface area contributed by atoms with E-state index in [0.717, 1.165) is 13.0 Å². The molecule has 0 bridgehead atoms. The maximum Gasteiger partial charge on any atom is 0.0701 e. The minimum atomic E-state index is 0.0580. The quantitative estimate of drug-likeness (QED) is 0.163. The predicted octanol–water partition coefficient (Wildman–Crippen LogP) is 5.92. The minimum Gasteiger partial charge on any atom is -0.394 e. The zero-order valence-corrected chi connectivity index (χ0v) is 20.1. The van der Waals surface area contributed by atoms with Crippen LogP contribution in [0.1, 0.15) is 103 Å². The summed E-state index contributed by atoms with van der Waals surface area (Å²) >= 11 is 0. The SMILES string of the molecule is CCCCCCCCCCCCCCCCCOCCOCCOCCOCCO. The topological polar surface area (TPSA) is 57.2 Å². The van der Waals surface area contributed by atoms with Gasteiger partial charge in [0.25, 0.3) is 0 Å². The molecular formula is C25H52O5. The lowest BCUT2D eigenvalue weighted by atomic mass is 10.0. The smallest absolute Gasteiger partial charge is 0.0701 e. The average Bonchev–Trinajstić information content (AvgIpc) is 2.76. The van der Waals surface area contributed by atoms with Crippen molar-refractivity contribution in [1.82, 2.24) is 0 Å². The number of rotatable bonds is 27. The molecule has 0 fully saturated rings. The highest BCUT2D eigenvalue weighted by Crippen LogP contribution is 2.13. The van der Waals surface area contributed by atoms with Gasteiger partial charge in [0.15, 0.2) is 0 Å². The van der Waals surface area contributed by atoms with Crippen LogP contribution in [-0.2, 0) is 18.9 Å². The Hall–Kier alpha value is -0.200. The Morgan fingerprint density at radius 3 is 1.03 bits per heavy atom. The number of unbranched alkanes of at least 4 members (excludes halogenated alkanes) is 14. The first-order chi connectivity index (χ1) is 14.9. The lowest BCUT2D eigenvalue weighted by Gasteiger charge is -2.07. The van der Waals surface area contributed by atoms with Crippen molar-refractivity contribution in [1.29, 1.82) is 0 Å².